The lowest BCUT2D eigenvalue weighted by atomic mass is 9.64. The van der Waals surface area contributed by atoms with Gasteiger partial charge in [-0.25, -0.2) is 4.79 Å². The van der Waals surface area contributed by atoms with E-state index < -0.39 is 0 Å². The molecule has 3 aliphatic rings. The first-order valence-corrected chi connectivity index (χ1v) is 9.45. The Bertz CT molecular complexity index is 590. The first kappa shape index (κ1) is 15.8. The Morgan fingerprint density at radius 2 is 1.58 bits per heavy atom. The van der Waals surface area contributed by atoms with Gasteiger partial charge in [0.05, 0.1) is 0 Å². The summed E-state index contributed by atoms with van der Waals surface area (Å²) >= 11 is 0. The van der Waals surface area contributed by atoms with Gasteiger partial charge in [-0.05, 0) is 36.5 Å². The van der Waals surface area contributed by atoms with E-state index in [1.54, 1.807) is 0 Å². The van der Waals surface area contributed by atoms with Crippen molar-refractivity contribution in [1.82, 2.24) is 9.80 Å². The van der Waals surface area contributed by atoms with Crippen molar-refractivity contribution in [3.63, 3.8) is 0 Å². The Kier molecular flexibility index (Phi) is 3.93. The summed E-state index contributed by atoms with van der Waals surface area (Å²) in [5, 5.41) is 0. The van der Waals surface area contributed by atoms with Gasteiger partial charge in [0.25, 0.3) is 0 Å². The molecule has 0 atom stereocenters. The lowest BCUT2D eigenvalue weighted by Crippen LogP contribution is -2.65. The first-order valence-electron chi connectivity index (χ1n) is 9.45. The van der Waals surface area contributed by atoms with Crippen molar-refractivity contribution in [3.8, 4) is 0 Å². The van der Waals surface area contributed by atoms with Gasteiger partial charge in [-0.15, -0.1) is 0 Å². The van der Waals surface area contributed by atoms with E-state index in [4.69, 9.17) is 0 Å². The summed E-state index contributed by atoms with van der Waals surface area (Å²) in [6.45, 7) is 10.0. The number of piperazine rings is 1. The second kappa shape index (κ2) is 5.98. The van der Waals surface area contributed by atoms with Gasteiger partial charge < -0.3 is 14.7 Å². The molecule has 24 heavy (non-hydrogen) atoms. The first-order chi connectivity index (χ1) is 11.6. The maximum absolute atomic E-state index is 12.6. The fourth-order valence-corrected chi connectivity index (χ4v) is 4.32. The molecule has 2 saturated heterocycles. The largest absolute Gasteiger partial charge is 0.368 e. The van der Waals surface area contributed by atoms with Crippen molar-refractivity contribution in [2.45, 2.75) is 39.0 Å². The molecule has 0 bridgehead atoms. The molecule has 1 saturated carbocycles. The van der Waals surface area contributed by atoms with Crippen molar-refractivity contribution in [3.05, 3.63) is 29.8 Å². The quantitative estimate of drug-likeness (QED) is 0.831. The summed E-state index contributed by atoms with van der Waals surface area (Å²) < 4.78 is 0. The van der Waals surface area contributed by atoms with Gasteiger partial charge in [0.1, 0.15) is 0 Å². The van der Waals surface area contributed by atoms with Gasteiger partial charge in [-0.2, -0.15) is 0 Å². The minimum absolute atomic E-state index is 0.266. The predicted molar refractivity (Wildman–Crippen MR) is 97.6 cm³/mol. The summed E-state index contributed by atoms with van der Waals surface area (Å²) in [7, 11) is 0. The number of rotatable bonds is 2. The van der Waals surface area contributed by atoms with E-state index in [2.05, 4.69) is 47.9 Å². The van der Waals surface area contributed by atoms with Crippen LogP contribution in [0.5, 0.6) is 0 Å². The summed E-state index contributed by atoms with van der Waals surface area (Å²) in [5.74, 6) is 0.573. The average Bonchev–Trinajstić information content (AvgIpc) is 2.52. The number of likely N-dealkylation sites (tertiary alicyclic amines) is 1. The standard InChI is InChI=1S/C20H29N3O/c1-16(2)17-4-6-18(7-5-17)21-10-12-22(13-11-21)19(24)23-14-20(15-23)8-3-9-20/h4-7,16H,3,8-15H2,1-2H3. The molecule has 1 spiro atoms. The van der Waals surface area contributed by atoms with Crippen molar-refractivity contribution in [1.29, 1.82) is 0 Å². The van der Waals surface area contributed by atoms with E-state index in [1.807, 2.05) is 4.90 Å². The SMILES string of the molecule is CC(C)c1ccc(N2CCN(C(=O)N3CC4(CCC4)C3)CC2)cc1. The van der Waals surface area contributed by atoms with Crippen LogP contribution in [0.1, 0.15) is 44.6 Å². The number of benzene rings is 1. The molecule has 0 unspecified atom stereocenters. The zero-order chi connectivity index (χ0) is 16.7. The zero-order valence-electron chi connectivity index (χ0n) is 15.0. The second-order valence-corrected chi connectivity index (χ2v) is 8.21. The molecule has 4 rings (SSSR count). The normalized spacial score (nSPS) is 22.5. The molecule has 1 aromatic carbocycles. The highest BCUT2D eigenvalue weighted by Gasteiger charge is 2.49. The van der Waals surface area contributed by atoms with Gasteiger partial charge in [-0.3, -0.25) is 0 Å². The highest BCUT2D eigenvalue weighted by Crippen LogP contribution is 2.48. The van der Waals surface area contributed by atoms with Crippen LogP contribution in [0.25, 0.3) is 0 Å². The number of amides is 2. The van der Waals surface area contributed by atoms with Crippen LogP contribution in [-0.2, 0) is 0 Å². The van der Waals surface area contributed by atoms with Crippen LogP contribution in [0.4, 0.5) is 10.5 Å². The molecule has 0 aromatic heterocycles. The van der Waals surface area contributed by atoms with Crippen LogP contribution < -0.4 is 4.90 Å². The van der Waals surface area contributed by atoms with Crippen molar-refractivity contribution in [2.75, 3.05) is 44.2 Å². The molecular weight excluding hydrogens is 298 g/mol. The summed E-state index contributed by atoms with van der Waals surface area (Å²) in [5.41, 5.74) is 3.19. The van der Waals surface area contributed by atoms with Crippen molar-refractivity contribution >= 4 is 11.7 Å². The van der Waals surface area contributed by atoms with E-state index in [-0.39, 0.29) is 6.03 Å². The van der Waals surface area contributed by atoms with Crippen LogP contribution in [0, 0.1) is 5.41 Å². The molecule has 4 nitrogen and oxygen atoms in total. The molecule has 1 aromatic rings. The molecule has 3 fully saturated rings. The lowest BCUT2D eigenvalue weighted by Gasteiger charge is -2.56. The van der Waals surface area contributed by atoms with Gasteiger partial charge in [0.2, 0.25) is 0 Å². The van der Waals surface area contributed by atoms with Crippen LogP contribution in [0.3, 0.4) is 0 Å². The number of urea groups is 1. The second-order valence-electron chi connectivity index (χ2n) is 8.21. The topological polar surface area (TPSA) is 26.8 Å². The summed E-state index contributed by atoms with van der Waals surface area (Å²) in [4.78, 5) is 19.1. The number of carbonyl (C=O) groups excluding carboxylic acids is 1. The van der Waals surface area contributed by atoms with Crippen molar-refractivity contribution in [2.24, 2.45) is 5.41 Å². The molecule has 4 heteroatoms. The molecule has 2 aliphatic heterocycles. The van der Waals surface area contributed by atoms with Crippen LogP contribution in [0.15, 0.2) is 24.3 Å². The Morgan fingerprint density at radius 3 is 2.08 bits per heavy atom. The Hall–Kier alpha value is -1.71. The number of hydrogen-bond acceptors (Lipinski definition) is 2. The zero-order valence-corrected chi connectivity index (χ0v) is 15.0. The maximum atomic E-state index is 12.6. The minimum Gasteiger partial charge on any atom is -0.368 e. The van der Waals surface area contributed by atoms with Gasteiger partial charge in [-0.1, -0.05) is 32.4 Å². The molecule has 130 valence electrons. The maximum Gasteiger partial charge on any atom is 0.320 e. The van der Waals surface area contributed by atoms with Crippen LogP contribution in [-0.4, -0.2) is 55.1 Å². The monoisotopic (exact) mass is 327 g/mol. The van der Waals surface area contributed by atoms with Gasteiger partial charge in [0, 0.05) is 50.4 Å². The third-order valence-corrected chi connectivity index (χ3v) is 6.21. The van der Waals surface area contributed by atoms with Crippen LogP contribution in [0.2, 0.25) is 0 Å². The van der Waals surface area contributed by atoms with E-state index >= 15 is 0 Å². The smallest absolute Gasteiger partial charge is 0.320 e. The van der Waals surface area contributed by atoms with Gasteiger partial charge >= 0.3 is 6.03 Å². The fraction of sp³-hybridized carbons (Fsp3) is 0.650. The number of anilines is 1. The van der Waals surface area contributed by atoms with Gasteiger partial charge in [0.15, 0.2) is 0 Å². The Balaban J connectivity index is 1.29. The molecule has 2 amide bonds. The molecule has 0 radical (unpaired) electrons. The third kappa shape index (κ3) is 2.76. The minimum atomic E-state index is 0.266. The predicted octanol–water partition coefficient (Wildman–Crippen LogP) is 3.54. The highest BCUT2D eigenvalue weighted by atomic mass is 16.2. The lowest BCUT2D eigenvalue weighted by molar-refractivity contribution is -0.0410. The third-order valence-electron chi connectivity index (χ3n) is 6.21. The van der Waals surface area contributed by atoms with E-state index in [0.717, 1.165) is 39.3 Å². The van der Waals surface area contributed by atoms with E-state index in [1.165, 1.54) is 30.5 Å². The average molecular weight is 327 g/mol. The number of carbonyl (C=O) groups is 1. The number of hydrogen-bond donors (Lipinski definition) is 0. The molecule has 0 N–H and O–H groups in total. The molecule has 2 heterocycles. The van der Waals surface area contributed by atoms with Crippen LogP contribution >= 0.6 is 0 Å². The fourth-order valence-electron chi connectivity index (χ4n) is 4.32. The Labute approximate surface area is 145 Å². The molecule has 1 aliphatic carbocycles. The van der Waals surface area contributed by atoms with E-state index in [0.29, 0.717) is 11.3 Å². The summed E-state index contributed by atoms with van der Waals surface area (Å²) in [6, 6.07) is 9.18. The summed E-state index contributed by atoms with van der Waals surface area (Å²) in [6.07, 6.45) is 4.02. The highest BCUT2D eigenvalue weighted by molar-refractivity contribution is 5.76. The van der Waals surface area contributed by atoms with E-state index in [9.17, 15) is 4.79 Å². The molecular formula is C20H29N3O. The number of nitrogens with zero attached hydrogens (tertiary/aromatic N) is 3. The van der Waals surface area contributed by atoms with Crippen molar-refractivity contribution < 1.29 is 4.79 Å². The Morgan fingerprint density at radius 1 is 0.958 bits per heavy atom.